The number of hydrogen-bond donors (Lipinski definition) is 2. The van der Waals surface area contributed by atoms with E-state index in [4.69, 9.17) is 0 Å². The first-order chi connectivity index (χ1) is 11.1. The molecule has 0 radical (unpaired) electrons. The first-order valence-corrected chi connectivity index (χ1v) is 7.71. The molecule has 0 bridgehead atoms. The second-order valence-electron chi connectivity index (χ2n) is 6.07. The summed E-state index contributed by atoms with van der Waals surface area (Å²) >= 11 is 0. The van der Waals surface area contributed by atoms with Gasteiger partial charge in [0.05, 0.1) is 12.1 Å². The van der Waals surface area contributed by atoms with Crippen LogP contribution in [0.1, 0.15) is 23.3 Å². The van der Waals surface area contributed by atoms with Crippen molar-refractivity contribution in [2.24, 2.45) is 0 Å². The molecule has 1 fully saturated rings. The molecule has 0 aliphatic carbocycles. The van der Waals surface area contributed by atoms with Gasteiger partial charge in [0.25, 0.3) is 5.91 Å². The minimum absolute atomic E-state index is 0.175. The topological polar surface area (TPSA) is 85.3 Å². The molecule has 0 saturated carbocycles. The number of aromatic nitrogens is 3. The normalized spacial score (nSPS) is 21.2. The Morgan fingerprint density at radius 1 is 1.43 bits per heavy atom. The second kappa shape index (κ2) is 6.37. The maximum atomic E-state index is 12.3. The number of anilines is 1. The number of nitrogens with one attached hydrogen (secondary N) is 1. The van der Waals surface area contributed by atoms with Gasteiger partial charge in [-0.3, -0.25) is 9.89 Å². The lowest BCUT2D eigenvalue weighted by Gasteiger charge is -2.41. The van der Waals surface area contributed by atoms with Crippen molar-refractivity contribution in [2.45, 2.75) is 18.4 Å². The van der Waals surface area contributed by atoms with Gasteiger partial charge in [-0.15, -0.1) is 0 Å². The number of aromatic amines is 1. The highest BCUT2D eigenvalue weighted by Crippen LogP contribution is 2.25. The Morgan fingerprint density at radius 3 is 3.00 bits per heavy atom. The lowest BCUT2D eigenvalue weighted by atomic mass is 9.92. The van der Waals surface area contributed by atoms with Gasteiger partial charge in [0.1, 0.15) is 11.5 Å². The number of hydrogen-bond acceptors (Lipinski definition) is 5. The second-order valence-corrected chi connectivity index (χ2v) is 6.07. The van der Waals surface area contributed by atoms with Crippen LogP contribution >= 0.6 is 0 Å². The SMILES string of the molecule is CN(CC1(O)CCCN(c2ccccn2)C1)C(=O)c1ccn[nH]1. The highest BCUT2D eigenvalue weighted by molar-refractivity contribution is 5.92. The zero-order valence-electron chi connectivity index (χ0n) is 13.1. The molecule has 2 N–H and O–H groups in total. The number of carbonyl (C=O) groups excluding carboxylic acids is 1. The molecule has 7 heteroatoms. The molecule has 1 saturated heterocycles. The molecule has 1 unspecified atom stereocenters. The summed E-state index contributed by atoms with van der Waals surface area (Å²) in [5, 5.41) is 17.4. The molecule has 7 nitrogen and oxygen atoms in total. The maximum absolute atomic E-state index is 12.3. The van der Waals surface area contributed by atoms with E-state index in [1.165, 1.54) is 4.90 Å². The zero-order valence-corrected chi connectivity index (χ0v) is 13.1. The van der Waals surface area contributed by atoms with Crippen molar-refractivity contribution in [3.8, 4) is 0 Å². The molecular formula is C16H21N5O2. The van der Waals surface area contributed by atoms with Crippen LogP contribution in [0.5, 0.6) is 0 Å². The van der Waals surface area contributed by atoms with E-state index < -0.39 is 5.60 Å². The predicted octanol–water partition coefficient (Wildman–Crippen LogP) is 0.908. The van der Waals surface area contributed by atoms with Gasteiger partial charge in [-0.25, -0.2) is 4.98 Å². The average molecular weight is 315 g/mol. The van der Waals surface area contributed by atoms with Gasteiger partial charge in [-0.1, -0.05) is 6.07 Å². The molecule has 2 aromatic heterocycles. The molecule has 1 atom stereocenters. The molecule has 122 valence electrons. The monoisotopic (exact) mass is 315 g/mol. The van der Waals surface area contributed by atoms with Crippen molar-refractivity contribution < 1.29 is 9.90 Å². The fourth-order valence-electron chi connectivity index (χ4n) is 3.07. The Bertz CT molecular complexity index is 646. The van der Waals surface area contributed by atoms with Crippen LogP contribution in [0.3, 0.4) is 0 Å². The molecule has 1 aliphatic rings. The van der Waals surface area contributed by atoms with Crippen LogP contribution in [0, 0.1) is 0 Å². The van der Waals surface area contributed by atoms with E-state index in [1.807, 2.05) is 18.2 Å². The number of rotatable bonds is 4. The van der Waals surface area contributed by atoms with Crippen molar-refractivity contribution in [3.05, 3.63) is 42.4 Å². The lowest BCUT2D eigenvalue weighted by Crippen LogP contribution is -2.54. The molecule has 23 heavy (non-hydrogen) atoms. The first-order valence-electron chi connectivity index (χ1n) is 7.71. The van der Waals surface area contributed by atoms with Gasteiger partial charge in [-0.05, 0) is 31.0 Å². The maximum Gasteiger partial charge on any atom is 0.271 e. The molecule has 0 spiro atoms. The van der Waals surface area contributed by atoms with E-state index in [2.05, 4.69) is 20.1 Å². The number of β-amino-alcohol motifs (C(OH)–C–C–N with tert-alkyl or cyclic N) is 1. The number of nitrogens with zero attached hydrogens (tertiary/aromatic N) is 4. The summed E-state index contributed by atoms with van der Waals surface area (Å²) in [7, 11) is 1.70. The van der Waals surface area contributed by atoms with E-state index >= 15 is 0 Å². The molecule has 3 rings (SSSR count). The van der Waals surface area contributed by atoms with Gasteiger partial charge < -0.3 is 14.9 Å². The van der Waals surface area contributed by atoms with E-state index in [-0.39, 0.29) is 12.5 Å². The number of likely N-dealkylation sites (N-methyl/N-ethyl adjacent to an activating group) is 1. The summed E-state index contributed by atoms with van der Waals surface area (Å²) < 4.78 is 0. The van der Waals surface area contributed by atoms with Crippen LogP contribution in [-0.2, 0) is 0 Å². The van der Waals surface area contributed by atoms with Crippen molar-refractivity contribution in [3.63, 3.8) is 0 Å². The van der Waals surface area contributed by atoms with Gasteiger partial charge in [-0.2, -0.15) is 5.10 Å². The summed E-state index contributed by atoms with van der Waals surface area (Å²) in [5.41, 5.74) is -0.520. The van der Waals surface area contributed by atoms with Crippen LogP contribution in [-0.4, -0.2) is 63.4 Å². The van der Waals surface area contributed by atoms with Crippen LogP contribution in [0.4, 0.5) is 5.82 Å². The fourth-order valence-corrected chi connectivity index (χ4v) is 3.07. The zero-order chi connectivity index (χ0) is 16.3. The van der Waals surface area contributed by atoms with Crippen LogP contribution < -0.4 is 4.90 Å². The summed E-state index contributed by atoms with van der Waals surface area (Å²) in [4.78, 5) is 20.2. The summed E-state index contributed by atoms with van der Waals surface area (Å²) in [6.07, 6.45) is 4.81. The third-order valence-electron chi connectivity index (χ3n) is 4.14. The Morgan fingerprint density at radius 2 is 2.30 bits per heavy atom. The standard InChI is InChI=1S/C16H21N5O2/c1-20(15(22)13-6-9-18-19-13)11-16(23)7-4-10-21(12-16)14-5-2-3-8-17-14/h2-3,5-6,8-9,23H,4,7,10-12H2,1H3,(H,18,19). The van der Waals surface area contributed by atoms with E-state index in [9.17, 15) is 9.90 Å². The summed E-state index contributed by atoms with van der Waals surface area (Å²) in [6, 6.07) is 7.37. The summed E-state index contributed by atoms with van der Waals surface area (Å²) in [6.45, 7) is 1.59. The number of aliphatic hydroxyl groups is 1. The van der Waals surface area contributed by atoms with Crippen LogP contribution in [0.15, 0.2) is 36.7 Å². The van der Waals surface area contributed by atoms with Crippen molar-refractivity contribution in [1.29, 1.82) is 0 Å². The van der Waals surface area contributed by atoms with E-state index in [0.717, 1.165) is 18.8 Å². The highest BCUT2D eigenvalue weighted by Gasteiger charge is 2.36. The quantitative estimate of drug-likeness (QED) is 0.876. The lowest BCUT2D eigenvalue weighted by molar-refractivity contribution is -0.000278. The molecule has 0 aromatic carbocycles. The molecule has 1 aliphatic heterocycles. The third kappa shape index (κ3) is 3.50. The molecule has 2 aromatic rings. The number of carbonyl (C=O) groups is 1. The van der Waals surface area contributed by atoms with Gasteiger partial charge >= 0.3 is 0 Å². The van der Waals surface area contributed by atoms with Crippen molar-refractivity contribution in [1.82, 2.24) is 20.1 Å². The Balaban J connectivity index is 1.67. The van der Waals surface area contributed by atoms with Crippen molar-refractivity contribution >= 4 is 11.7 Å². The Kier molecular flexibility index (Phi) is 4.29. The first kappa shape index (κ1) is 15.5. The molecule has 1 amide bonds. The number of amides is 1. The average Bonchev–Trinajstić information content (AvgIpc) is 3.09. The van der Waals surface area contributed by atoms with E-state index in [1.54, 1.807) is 25.5 Å². The minimum atomic E-state index is -0.944. The molecule has 3 heterocycles. The highest BCUT2D eigenvalue weighted by atomic mass is 16.3. The predicted molar refractivity (Wildman–Crippen MR) is 86.2 cm³/mol. The van der Waals surface area contributed by atoms with Gasteiger partial charge in [0, 0.05) is 32.5 Å². The smallest absolute Gasteiger partial charge is 0.271 e. The van der Waals surface area contributed by atoms with Gasteiger partial charge in [0.2, 0.25) is 0 Å². The largest absolute Gasteiger partial charge is 0.386 e. The Hall–Kier alpha value is -2.41. The van der Waals surface area contributed by atoms with E-state index in [0.29, 0.717) is 18.7 Å². The molecular weight excluding hydrogens is 294 g/mol. The fraction of sp³-hybridized carbons (Fsp3) is 0.438. The minimum Gasteiger partial charge on any atom is -0.386 e. The van der Waals surface area contributed by atoms with Crippen LogP contribution in [0.2, 0.25) is 0 Å². The van der Waals surface area contributed by atoms with Crippen molar-refractivity contribution in [2.75, 3.05) is 31.6 Å². The Labute approximate surface area is 134 Å². The summed E-state index contributed by atoms with van der Waals surface area (Å²) in [5.74, 6) is 0.680. The number of pyridine rings is 1. The number of piperidine rings is 1. The van der Waals surface area contributed by atoms with Crippen LogP contribution in [0.25, 0.3) is 0 Å². The van der Waals surface area contributed by atoms with Gasteiger partial charge in [0.15, 0.2) is 0 Å². The number of H-pyrrole nitrogens is 1. The third-order valence-corrected chi connectivity index (χ3v) is 4.14.